The summed E-state index contributed by atoms with van der Waals surface area (Å²) < 4.78 is 1.40. The number of rotatable bonds is 18. The van der Waals surface area contributed by atoms with Gasteiger partial charge in [0.05, 0.1) is 26.2 Å². The molecule has 0 bridgehead atoms. The summed E-state index contributed by atoms with van der Waals surface area (Å²) in [5.74, 6) is 0. The molecule has 0 atom stereocenters. The Balaban J connectivity index is 3.65. The van der Waals surface area contributed by atoms with E-state index in [2.05, 4.69) is 27.7 Å². The van der Waals surface area contributed by atoms with Crippen molar-refractivity contribution in [3.63, 3.8) is 0 Å². The number of nitrogens with zero attached hydrogens (tertiary/aromatic N) is 1. The van der Waals surface area contributed by atoms with Crippen molar-refractivity contribution in [2.24, 2.45) is 0 Å². The highest BCUT2D eigenvalue weighted by Crippen LogP contribution is 2.16. The van der Waals surface area contributed by atoms with Gasteiger partial charge < -0.3 is 4.48 Å². The highest BCUT2D eigenvalue weighted by Gasteiger charge is 2.23. The Morgan fingerprint density at radius 1 is 0.348 bits per heavy atom. The molecule has 0 aromatic heterocycles. The first-order valence-corrected chi connectivity index (χ1v) is 11.1. The third-order valence-corrected chi connectivity index (χ3v) is 5.33. The SMILES string of the molecule is CCCCCCCCCCCCC[N+](CCC)(CCC)CCC. The molecule has 0 N–H and O–H groups in total. The molecular formula is C22H48N+. The number of quaternary nitrogens is 1. The van der Waals surface area contributed by atoms with Crippen LogP contribution in [0.1, 0.15) is 118 Å². The molecule has 1 nitrogen and oxygen atoms in total. The van der Waals surface area contributed by atoms with E-state index in [-0.39, 0.29) is 0 Å². The molecule has 0 heterocycles. The summed E-state index contributed by atoms with van der Waals surface area (Å²) >= 11 is 0. The minimum Gasteiger partial charge on any atom is -0.324 e. The summed E-state index contributed by atoms with van der Waals surface area (Å²) in [7, 11) is 0. The molecule has 0 saturated heterocycles. The highest BCUT2D eigenvalue weighted by molar-refractivity contribution is 4.50. The van der Waals surface area contributed by atoms with Crippen LogP contribution in [0.3, 0.4) is 0 Å². The summed E-state index contributed by atoms with van der Waals surface area (Å²) in [6.45, 7) is 15.0. The maximum atomic E-state index is 2.36. The van der Waals surface area contributed by atoms with Crippen LogP contribution in [0, 0.1) is 0 Å². The summed E-state index contributed by atoms with van der Waals surface area (Å²) in [6.07, 6.45) is 20.1. The zero-order chi connectivity index (χ0) is 17.2. The Hall–Kier alpha value is -0.0400. The zero-order valence-corrected chi connectivity index (χ0v) is 17.2. The third-order valence-electron chi connectivity index (χ3n) is 5.33. The summed E-state index contributed by atoms with van der Waals surface area (Å²) in [5, 5.41) is 0. The molecular weight excluding hydrogens is 278 g/mol. The molecule has 0 amide bonds. The van der Waals surface area contributed by atoms with Crippen molar-refractivity contribution >= 4 is 0 Å². The molecule has 0 radical (unpaired) electrons. The fraction of sp³-hybridized carbons (Fsp3) is 1.00. The van der Waals surface area contributed by atoms with Crippen LogP contribution in [0.2, 0.25) is 0 Å². The molecule has 0 spiro atoms. The summed E-state index contributed by atoms with van der Waals surface area (Å²) in [5.41, 5.74) is 0. The van der Waals surface area contributed by atoms with E-state index >= 15 is 0 Å². The maximum Gasteiger partial charge on any atom is 0.0786 e. The fourth-order valence-corrected chi connectivity index (χ4v) is 4.21. The molecule has 0 fully saturated rings. The van der Waals surface area contributed by atoms with E-state index in [1.807, 2.05) is 0 Å². The lowest BCUT2D eigenvalue weighted by Gasteiger charge is -2.38. The van der Waals surface area contributed by atoms with Gasteiger partial charge in [0.2, 0.25) is 0 Å². The van der Waals surface area contributed by atoms with Crippen molar-refractivity contribution in [2.45, 2.75) is 118 Å². The lowest BCUT2D eigenvalue weighted by atomic mass is 10.1. The van der Waals surface area contributed by atoms with Gasteiger partial charge in [-0.25, -0.2) is 0 Å². The van der Waals surface area contributed by atoms with E-state index in [1.54, 1.807) is 0 Å². The van der Waals surface area contributed by atoms with Crippen molar-refractivity contribution in [2.75, 3.05) is 26.2 Å². The van der Waals surface area contributed by atoms with Gasteiger partial charge in [-0.2, -0.15) is 0 Å². The Bertz CT molecular complexity index is 207. The molecule has 0 aliphatic heterocycles. The van der Waals surface area contributed by atoms with Gasteiger partial charge in [0.25, 0.3) is 0 Å². The molecule has 0 saturated carbocycles. The average Bonchev–Trinajstić information content (AvgIpc) is 2.53. The molecule has 0 aliphatic rings. The van der Waals surface area contributed by atoms with E-state index < -0.39 is 0 Å². The van der Waals surface area contributed by atoms with E-state index in [9.17, 15) is 0 Å². The van der Waals surface area contributed by atoms with Crippen LogP contribution >= 0.6 is 0 Å². The Labute approximate surface area is 148 Å². The second kappa shape index (κ2) is 16.8. The van der Waals surface area contributed by atoms with Gasteiger partial charge in [-0.05, 0) is 32.1 Å². The number of hydrogen-bond acceptors (Lipinski definition) is 0. The largest absolute Gasteiger partial charge is 0.324 e. The van der Waals surface area contributed by atoms with Crippen molar-refractivity contribution in [1.29, 1.82) is 0 Å². The van der Waals surface area contributed by atoms with Crippen LogP contribution in [0.4, 0.5) is 0 Å². The first-order chi connectivity index (χ1) is 11.2. The third kappa shape index (κ3) is 13.0. The van der Waals surface area contributed by atoms with Crippen molar-refractivity contribution in [3.05, 3.63) is 0 Å². The molecule has 0 aromatic carbocycles. The monoisotopic (exact) mass is 326 g/mol. The molecule has 0 unspecified atom stereocenters. The van der Waals surface area contributed by atoms with Gasteiger partial charge in [0.15, 0.2) is 0 Å². The molecule has 140 valence electrons. The quantitative estimate of drug-likeness (QED) is 0.182. The lowest BCUT2D eigenvalue weighted by Crippen LogP contribution is -2.50. The predicted molar refractivity (Wildman–Crippen MR) is 107 cm³/mol. The van der Waals surface area contributed by atoms with Gasteiger partial charge in [-0.15, -0.1) is 0 Å². The fourth-order valence-electron chi connectivity index (χ4n) is 4.21. The van der Waals surface area contributed by atoms with Crippen LogP contribution < -0.4 is 0 Å². The first kappa shape index (κ1) is 23.0. The maximum absolute atomic E-state index is 2.36. The summed E-state index contributed by atoms with van der Waals surface area (Å²) in [6, 6.07) is 0. The second-order valence-electron chi connectivity index (χ2n) is 7.77. The van der Waals surface area contributed by atoms with Gasteiger partial charge in [-0.3, -0.25) is 0 Å². The van der Waals surface area contributed by atoms with Crippen molar-refractivity contribution in [1.82, 2.24) is 0 Å². The molecule has 0 aromatic rings. The molecule has 0 rings (SSSR count). The summed E-state index contributed by atoms with van der Waals surface area (Å²) in [4.78, 5) is 0. The average molecular weight is 327 g/mol. The standard InChI is InChI=1S/C22H48N/c1-5-9-10-11-12-13-14-15-16-17-18-22-23(19-6-2,20-7-3)21-8-4/h5-22H2,1-4H3/q+1. The van der Waals surface area contributed by atoms with Crippen LogP contribution in [-0.2, 0) is 0 Å². The van der Waals surface area contributed by atoms with Crippen LogP contribution in [-0.4, -0.2) is 30.7 Å². The minimum atomic E-state index is 1.35. The first-order valence-electron chi connectivity index (χ1n) is 11.1. The highest BCUT2D eigenvalue weighted by atomic mass is 15.3. The van der Waals surface area contributed by atoms with E-state index in [0.717, 1.165) is 0 Å². The molecule has 1 heteroatoms. The van der Waals surface area contributed by atoms with Gasteiger partial charge >= 0.3 is 0 Å². The normalized spacial score (nSPS) is 12.0. The topological polar surface area (TPSA) is 0 Å². The van der Waals surface area contributed by atoms with Gasteiger partial charge in [0.1, 0.15) is 0 Å². The number of hydrogen-bond donors (Lipinski definition) is 0. The zero-order valence-electron chi connectivity index (χ0n) is 17.2. The minimum absolute atomic E-state index is 1.35. The van der Waals surface area contributed by atoms with Gasteiger partial charge in [-0.1, -0.05) is 85.5 Å². The van der Waals surface area contributed by atoms with E-state index in [1.165, 1.54) is 121 Å². The molecule has 23 heavy (non-hydrogen) atoms. The molecule has 0 aliphatic carbocycles. The van der Waals surface area contributed by atoms with Gasteiger partial charge in [0, 0.05) is 0 Å². The van der Waals surface area contributed by atoms with Crippen molar-refractivity contribution in [3.8, 4) is 0 Å². The van der Waals surface area contributed by atoms with Crippen LogP contribution in [0.15, 0.2) is 0 Å². The van der Waals surface area contributed by atoms with Crippen LogP contribution in [0.25, 0.3) is 0 Å². The Morgan fingerprint density at radius 3 is 1.04 bits per heavy atom. The smallest absolute Gasteiger partial charge is 0.0786 e. The van der Waals surface area contributed by atoms with Crippen molar-refractivity contribution < 1.29 is 4.48 Å². The Morgan fingerprint density at radius 2 is 0.696 bits per heavy atom. The van der Waals surface area contributed by atoms with Crippen LogP contribution in [0.5, 0.6) is 0 Å². The van der Waals surface area contributed by atoms with E-state index in [0.29, 0.717) is 0 Å². The lowest BCUT2D eigenvalue weighted by molar-refractivity contribution is -0.928. The Kier molecular flexibility index (Phi) is 16.8. The number of unbranched alkanes of at least 4 members (excludes halogenated alkanes) is 10. The van der Waals surface area contributed by atoms with E-state index in [4.69, 9.17) is 0 Å². The second-order valence-corrected chi connectivity index (χ2v) is 7.77. The predicted octanol–water partition coefficient (Wildman–Crippen LogP) is 7.34.